The van der Waals surface area contributed by atoms with Crippen LogP contribution >= 0.6 is 0 Å². The first-order chi connectivity index (χ1) is 23.3. The van der Waals surface area contributed by atoms with Crippen LogP contribution in [0.1, 0.15) is 138 Å². The molecule has 1 amide bonds. The van der Waals surface area contributed by atoms with Crippen molar-refractivity contribution < 1.29 is 34.3 Å². The fourth-order valence-electron chi connectivity index (χ4n) is 11.3. The van der Waals surface area contributed by atoms with Gasteiger partial charge in [0.25, 0.3) is 0 Å². The molecular weight excluding hydrogens is 618 g/mol. The van der Waals surface area contributed by atoms with Gasteiger partial charge in [-0.1, -0.05) is 78.9 Å². The molecule has 0 aromatic heterocycles. The number of carbonyl (C=O) groups is 1. The molecule has 1 heterocycles. The Labute approximate surface area is 297 Å². The number of amides is 1. The molecule has 4 fully saturated rings. The highest BCUT2D eigenvalue weighted by Crippen LogP contribution is 2.67. The fourth-order valence-corrected chi connectivity index (χ4v) is 11.3. The van der Waals surface area contributed by atoms with E-state index in [0.29, 0.717) is 18.6 Å². The normalized spacial score (nSPS) is 41.7. The summed E-state index contributed by atoms with van der Waals surface area (Å²) >= 11 is 0. The zero-order valence-electron chi connectivity index (χ0n) is 31.9. The zero-order chi connectivity index (χ0) is 35.5. The topological polar surface area (TPSA) is 117 Å². The second kappa shape index (κ2) is 16.7. The average molecular weight is 690 g/mol. The van der Waals surface area contributed by atoms with Gasteiger partial charge in [0, 0.05) is 13.0 Å². The first-order valence-corrected chi connectivity index (χ1v) is 20.2. The van der Waals surface area contributed by atoms with Crippen LogP contribution in [0.15, 0.2) is 11.6 Å². The molecule has 3 saturated carbocycles. The van der Waals surface area contributed by atoms with E-state index in [1.165, 1.54) is 51.4 Å². The first kappa shape index (κ1) is 39.0. The van der Waals surface area contributed by atoms with Crippen molar-refractivity contribution in [1.29, 1.82) is 0 Å². The first-order valence-electron chi connectivity index (χ1n) is 20.2. The van der Waals surface area contributed by atoms with E-state index in [1.807, 2.05) is 0 Å². The van der Waals surface area contributed by atoms with Crippen molar-refractivity contribution in [2.24, 2.45) is 52.3 Å². The lowest BCUT2D eigenvalue weighted by Gasteiger charge is -2.58. The van der Waals surface area contributed by atoms with Gasteiger partial charge in [0.1, 0.15) is 24.4 Å². The van der Waals surface area contributed by atoms with E-state index in [4.69, 9.17) is 14.2 Å². The van der Waals surface area contributed by atoms with Crippen LogP contribution in [-0.4, -0.2) is 71.4 Å². The van der Waals surface area contributed by atoms with Crippen LogP contribution in [0.3, 0.4) is 0 Å². The summed E-state index contributed by atoms with van der Waals surface area (Å²) in [4.78, 5) is 12.8. The lowest BCUT2D eigenvalue weighted by atomic mass is 9.47. The van der Waals surface area contributed by atoms with Crippen LogP contribution in [0.4, 0.5) is 4.79 Å². The Morgan fingerprint density at radius 1 is 0.980 bits per heavy atom. The van der Waals surface area contributed by atoms with Crippen LogP contribution in [0, 0.1) is 52.3 Å². The number of allylic oxidation sites excluding steroid dienone is 1. The monoisotopic (exact) mass is 690 g/mol. The van der Waals surface area contributed by atoms with Crippen molar-refractivity contribution in [2.45, 2.75) is 175 Å². The molecule has 8 heteroatoms. The summed E-state index contributed by atoms with van der Waals surface area (Å²) in [6, 6.07) is 0. The van der Waals surface area contributed by atoms with E-state index in [-0.39, 0.29) is 23.5 Å². The third kappa shape index (κ3) is 8.56. The van der Waals surface area contributed by atoms with E-state index >= 15 is 0 Å². The minimum Gasteiger partial charge on any atom is -0.446 e. The molecule has 4 N–H and O–H groups in total. The largest absolute Gasteiger partial charge is 0.446 e. The number of aliphatic hydroxyl groups is 3. The maximum Gasteiger partial charge on any atom is 0.407 e. The molecule has 282 valence electrons. The van der Waals surface area contributed by atoms with Gasteiger partial charge in [0.15, 0.2) is 6.29 Å². The number of hydrogen-bond donors (Lipinski definition) is 4. The summed E-state index contributed by atoms with van der Waals surface area (Å²) in [7, 11) is 0. The van der Waals surface area contributed by atoms with Crippen molar-refractivity contribution in [3.63, 3.8) is 0 Å². The molecule has 14 atom stereocenters. The summed E-state index contributed by atoms with van der Waals surface area (Å²) in [5, 5.41) is 33.2. The third-order valence-electron chi connectivity index (χ3n) is 14.5. The molecule has 0 aromatic rings. The number of fused-ring (bicyclic) bond motifs is 5. The van der Waals surface area contributed by atoms with Gasteiger partial charge in [-0.2, -0.15) is 0 Å². The summed E-state index contributed by atoms with van der Waals surface area (Å²) < 4.78 is 17.3. The molecule has 0 radical (unpaired) electrons. The number of ether oxygens (including phenoxy) is 3. The molecule has 0 spiro atoms. The maximum atomic E-state index is 12.8. The summed E-state index contributed by atoms with van der Waals surface area (Å²) in [5.41, 5.74) is 2.29. The Morgan fingerprint density at radius 2 is 1.76 bits per heavy atom. The maximum absolute atomic E-state index is 12.8. The number of alkyl carbamates (subject to hydrolysis) is 1. The standard InChI is InChI=1S/C41H71NO7/c1-8-28(24-47-38-37(45)36(44)35(43)27(5)48-38)13-10-22-42-39(46)49-30-18-20-40(6)29(23-30)14-15-31-33-17-16-32(26(4)12-9-11-25(2)3)41(33,7)21-19-34(31)40/h14,25-28,30-38,43-45H,8-13,15-24H2,1-7H3,(H,42,46)/t26?,27?,28?,30?,31?,32?,33?,34?,35-,36?,37?,38?,40-,41+/m0/s1. The van der Waals surface area contributed by atoms with Crippen LogP contribution in [0.5, 0.6) is 0 Å². The highest BCUT2D eigenvalue weighted by Gasteiger charge is 2.59. The van der Waals surface area contributed by atoms with Crippen molar-refractivity contribution in [3.05, 3.63) is 11.6 Å². The third-order valence-corrected chi connectivity index (χ3v) is 14.5. The van der Waals surface area contributed by atoms with Crippen molar-refractivity contribution >= 4 is 6.09 Å². The van der Waals surface area contributed by atoms with E-state index < -0.39 is 30.7 Å². The van der Waals surface area contributed by atoms with Gasteiger partial charge in [0.2, 0.25) is 0 Å². The highest BCUT2D eigenvalue weighted by atomic mass is 16.7. The molecule has 5 rings (SSSR count). The zero-order valence-corrected chi connectivity index (χ0v) is 31.9. The van der Waals surface area contributed by atoms with Gasteiger partial charge < -0.3 is 34.8 Å². The minimum atomic E-state index is -1.30. The Bertz CT molecular complexity index is 1110. The molecular formula is C41H71NO7. The van der Waals surface area contributed by atoms with Gasteiger partial charge in [0.05, 0.1) is 12.7 Å². The van der Waals surface area contributed by atoms with Crippen molar-refractivity contribution in [1.82, 2.24) is 5.32 Å². The molecule has 4 aliphatic carbocycles. The molecule has 1 saturated heterocycles. The quantitative estimate of drug-likeness (QED) is 0.109. The second-order valence-electron chi connectivity index (χ2n) is 17.9. The van der Waals surface area contributed by atoms with Crippen LogP contribution in [0.2, 0.25) is 0 Å². The summed E-state index contributed by atoms with van der Waals surface area (Å²) in [5.74, 6) is 5.17. The average Bonchev–Trinajstić information content (AvgIpc) is 3.42. The Hall–Kier alpha value is -1.19. The van der Waals surface area contributed by atoms with Gasteiger partial charge >= 0.3 is 6.09 Å². The second-order valence-corrected chi connectivity index (χ2v) is 17.9. The molecule has 5 aliphatic rings. The minimum absolute atomic E-state index is 0.0535. The molecule has 49 heavy (non-hydrogen) atoms. The van der Waals surface area contributed by atoms with Crippen LogP contribution in [-0.2, 0) is 14.2 Å². The number of rotatable bonds is 14. The van der Waals surface area contributed by atoms with Crippen molar-refractivity contribution in [2.75, 3.05) is 13.2 Å². The van der Waals surface area contributed by atoms with E-state index in [9.17, 15) is 20.1 Å². The molecule has 11 unspecified atom stereocenters. The van der Waals surface area contributed by atoms with E-state index in [2.05, 4.69) is 52.9 Å². The smallest absolute Gasteiger partial charge is 0.407 e. The molecule has 1 aliphatic heterocycles. The Morgan fingerprint density at radius 3 is 2.49 bits per heavy atom. The SMILES string of the molecule is CCC(CCCNC(=O)OC1CC[C@@]2(C)C(=CCC3C4CCC(C(C)CCCC(C)C)[C@@]4(C)CCC32)C1)COC1OC(C)[C@H](O)C(O)C1O. The Kier molecular flexibility index (Phi) is 13.3. The molecule has 0 aromatic carbocycles. The Balaban J connectivity index is 1.05. The van der Waals surface area contributed by atoms with E-state index in [1.54, 1.807) is 12.5 Å². The van der Waals surface area contributed by atoms with Gasteiger partial charge in [-0.25, -0.2) is 4.79 Å². The fraction of sp³-hybridized carbons (Fsp3) is 0.927. The number of nitrogens with one attached hydrogen (secondary N) is 1. The predicted octanol–water partition coefficient (Wildman–Crippen LogP) is 7.77. The predicted molar refractivity (Wildman–Crippen MR) is 193 cm³/mol. The van der Waals surface area contributed by atoms with Gasteiger partial charge in [-0.3, -0.25) is 0 Å². The van der Waals surface area contributed by atoms with Crippen LogP contribution < -0.4 is 5.32 Å². The summed E-state index contributed by atoms with van der Waals surface area (Å²) in [6.07, 6.45) is 13.3. The van der Waals surface area contributed by atoms with Gasteiger partial charge in [-0.05, 0) is 117 Å². The van der Waals surface area contributed by atoms with Crippen molar-refractivity contribution in [3.8, 4) is 0 Å². The van der Waals surface area contributed by atoms with E-state index in [0.717, 1.165) is 74.0 Å². The lowest BCUT2D eigenvalue weighted by Crippen LogP contribution is -2.57. The lowest BCUT2D eigenvalue weighted by molar-refractivity contribution is -0.295. The van der Waals surface area contributed by atoms with Gasteiger partial charge in [-0.15, -0.1) is 0 Å². The number of aliphatic hydroxyl groups excluding tert-OH is 3. The molecule has 8 nitrogen and oxygen atoms in total. The number of carbonyl (C=O) groups excluding carboxylic acids is 1. The summed E-state index contributed by atoms with van der Waals surface area (Å²) in [6.45, 7) is 17.1. The van der Waals surface area contributed by atoms with Crippen LogP contribution in [0.25, 0.3) is 0 Å². The highest BCUT2D eigenvalue weighted by molar-refractivity contribution is 5.67. The molecule has 0 bridgehead atoms. The number of hydrogen-bond acceptors (Lipinski definition) is 7.